The van der Waals surface area contributed by atoms with Crippen LogP contribution in [-0.4, -0.2) is 83.7 Å². The van der Waals surface area contributed by atoms with Gasteiger partial charge in [-0.05, 0) is 163 Å². The van der Waals surface area contributed by atoms with Gasteiger partial charge >= 0.3 is 0 Å². The molecule has 0 radical (unpaired) electrons. The second-order valence-corrected chi connectivity index (χ2v) is 20.9. The number of Topliss-reactive ketones (excluding diaryl/α,β-unsaturated/α-hetero) is 2. The van der Waals surface area contributed by atoms with E-state index in [4.69, 9.17) is 10.5 Å². The zero-order valence-electron chi connectivity index (χ0n) is 36.7. The molecule has 6 fully saturated rings. The normalized spacial score (nSPS) is 42.2. The van der Waals surface area contributed by atoms with E-state index >= 15 is 0 Å². The quantitative estimate of drug-likeness (QED) is 0.0866. The van der Waals surface area contributed by atoms with Crippen LogP contribution < -0.4 is 16.4 Å². The average Bonchev–Trinajstić information content (AvgIpc) is 3.29. The van der Waals surface area contributed by atoms with Crippen LogP contribution in [0.5, 0.6) is 0 Å². The minimum Gasteiger partial charge on any atom is -0.393 e. The molecule has 4 saturated carbocycles. The Bertz CT molecular complexity index is 1470. The monoisotopic (exact) mass is 820 g/mol. The number of piperidine rings is 2. The maximum Gasteiger partial charge on any atom is 0.153 e. The molecule has 2 aliphatic heterocycles. The van der Waals surface area contributed by atoms with Crippen LogP contribution in [0.4, 0.5) is 0 Å². The molecule has 9 heteroatoms. The van der Waals surface area contributed by atoms with Gasteiger partial charge in [-0.3, -0.25) is 9.59 Å². The second kappa shape index (κ2) is 21.2. The van der Waals surface area contributed by atoms with Crippen molar-refractivity contribution in [2.24, 2.45) is 70.3 Å². The van der Waals surface area contributed by atoms with Gasteiger partial charge in [0.05, 0.1) is 30.6 Å². The molecule has 16 atom stereocenters. The van der Waals surface area contributed by atoms with E-state index in [1.165, 1.54) is 38.5 Å². The summed E-state index contributed by atoms with van der Waals surface area (Å²) in [5.41, 5.74) is 5.45. The first-order chi connectivity index (χ1) is 28.5. The van der Waals surface area contributed by atoms with Crippen molar-refractivity contribution in [3.8, 4) is 11.8 Å². The Morgan fingerprint density at radius 2 is 1.71 bits per heavy atom. The number of carbonyl (C=O) groups excluding carboxylic acids is 2. The summed E-state index contributed by atoms with van der Waals surface area (Å²) in [6, 6.07) is 0.355. The van der Waals surface area contributed by atoms with Crippen molar-refractivity contribution in [1.82, 2.24) is 10.6 Å². The SMILES string of the molecule is CCC1CNC(N)CC1[C@H](C=CC1CCCCC1)C[C@H](O)CC[C@@H]1C#C[C@]2(CC[C@@H](CC[C@H]3CN[C@@H]4CC(=O)CC[C@H]4C3)C[C@H]2O)C(=O)CCC2CC(OC)C(O)CC21. The predicted octanol–water partition coefficient (Wildman–Crippen LogP) is 6.85. The van der Waals surface area contributed by atoms with Crippen LogP contribution in [0.2, 0.25) is 0 Å². The number of nitrogens with one attached hydrogen (secondary N) is 2. The number of allylic oxidation sites excluding steroid dienone is 2. The summed E-state index contributed by atoms with van der Waals surface area (Å²) in [4.78, 5) is 26.3. The van der Waals surface area contributed by atoms with Crippen molar-refractivity contribution < 1.29 is 29.6 Å². The van der Waals surface area contributed by atoms with Gasteiger partial charge in [0.15, 0.2) is 5.78 Å². The number of rotatable bonds is 13. The Balaban J connectivity index is 1.03. The number of nitrogens with two attached hydrogens (primary N) is 1. The van der Waals surface area contributed by atoms with Crippen LogP contribution in [0.25, 0.3) is 0 Å². The van der Waals surface area contributed by atoms with E-state index < -0.39 is 23.7 Å². The lowest BCUT2D eigenvalue weighted by Crippen LogP contribution is -2.50. The van der Waals surface area contributed by atoms with Crippen LogP contribution in [0.15, 0.2) is 12.2 Å². The smallest absolute Gasteiger partial charge is 0.153 e. The molecule has 0 aromatic rings. The van der Waals surface area contributed by atoms with Crippen LogP contribution in [0.1, 0.15) is 155 Å². The zero-order chi connectivity index (χ0) is 41.5. The van der Waals surface area contributed by atoms with Crippen molar-refractivity contribution >= 4 is 11.6 Å². The molecule has 2 saturated heterocycles. The van der Waals surface area contributed by atoms with E-state index in [1.54, 1.807) is 7.11 Å². The van der Waals surface area contributed by atoms with Crippen molar-refractivity contribution in [3.05, 3.63) is 12.2 Å². The van der Waals surface area contributed by atoms with E-state index in [0.717, 1.165) is 58.0 Å². The van der Waals surface area contributed by atoms with E-state index in [0.29, 0.717) is 112 Å². The minimum atomic E-state index is -1.05. The molecule has 0 aromatic carbocycles. The maximum absolute atomic E-state index is 14.3. The van der Waals surface area contributed by atoms with E-state index in [-0.39, 0.29) is 41.7 Å². The van der Waals surface area contributed by atoms with E-state index in [2.05, 4.69) is 41.6 Å². The highest BCUT2D eigenvalue weighted by Gasteiger charge is 2.49. The molecular formula is C50H81N3O6. The van der Waals surface area contributed by atoms with E-state index in [1.807, 2.05) is 0 Å². The first-order valence-corrected chi connectivity index (χ1v) is 24.6. The molecule has 9 nitrogen and oxygen atoms in total. The van der Waals surface area contributed by atoms with Crippen molar-refractivity contribution in [2.45, 2.75) is 191 Å². The fourth-order valence-corrected chi connectivity index (χ4v) is 13.4. The highest BCUT2D eigenvalue weighted by atomic mass is 16.5. The second-order valence-electron chi connectivity index (χ2n) is 20.9. The minimum absolute atomic E-state index is 0.0155. The number of hydrogen-bond acceptors (Lipinski definition) is 9. The van der Waals surface area contributed by atoms with Gasteiger partial charge in [0.2, 0.25) is 0 Å². The van der Waals surface area contributed by atoms with Gasteiger partial charge in [-0.2, -0.15) is 0 Å². The Labute approximate surface area is 356 Å². The van der Waals surface area contributed by atoms with E-state index in [9.17, 15) is 24.9 Å². The fourth-order valence-electron chi connectivity index (χ4n) is 13.4. The first-order valence-electron chi connectivity index (χ1n) is 24.6. The lowest BCUT2D eigenvalue weighted by Gasteiger charge is -2.42. The third kappa shape index (κ3) is 11.3. The Morgan fingerprint density at radius 3 is 2.49 bits per heavy atom. The van der Waals surface area contributed by atoms with Gasteiger partial charge in [-0.25, -0.2) is 0 Å². The molecule has 0 bridgehead atoms. The highest BCUT2D eigenvalue weighted by molar-refractivity contribution is 5.89. The third-order valence-electron chi connectivity index (χ3n) is 17.3. The molecular weight excluding hydrogens is 739 g/mol. The Kier molecular flexibility index (Phi) is 16.3. The number of hydrogen-bond donors (Lipinski definition) is 6. The van der Waals surface area contributed by atoms with Crippen LogP contribution in [-0.2, 0) is 14.3 Å². The summed E-state index contributed by atoms with van der Waals surface area (Å²) in [7, 11) is 1.67. The first kappa shape index (κ1) is 45.4. The molecule has 7 aliphatic rings. The van der Waals surface area contributed by atoms with Gasteiger partial charge < -0.3 is 36.4 Å². The molecule has 0 amide bonds. The number of aliphatic hydroxyl groups is 3. The summed E-state index contributed by atoms with van der Waals surface area (Å²) in [6.07, 6.45) is 23.6. The molecule has 1 spiro atoms. The Morgan fingerprint density at radius 1 is 0.915 bits per heavy atom. The molecule has 7 rings (SSSR count). The third-order valence-corrected chi connectivity index (χ3v) is 17.3. The van der Waals surface area contributed by atoms with Crippen molar-refractivity contribution in [2.75, 3.05) is 20.2 Å². The number of aliphatic hydroxyl groups excluding tert-OH is 3. The number of methoxy groups -OCH3 is 1. The molecule has 59 heavy (non-hydrogen) atoms. The lowest BCUT2D eigenvalue weighted by molar-refractivity contribution is -0.135. The average molecular weight is 820 g/mol. The molecule has 332 valence electrons. The lowest BCUT2D eigenvalue weighted by atomic mass is 9.64. The summed E-state index contributed by atoms with van der Waals surface area (Å²) in [5, 5.41) is 42.3. The molecule has 5 aliphatic carbocycles. The summed E-state index contributed by atoms with van der Waals surface area (Å²) in [5.74, 6) is 11.3. The molecule has 7 unspecified atom stereocenters. The van der Waals surface area contributed by atoms with Crippen LogP contribution >= 0.6 is 0 Å². The maximum atomic E-state index is 14.3. The summed E-state index contributed by atoms with van der Waals surface area (Å²) < 4.78 is 5.76. The van der Waals surface area contributed by atoms with Crippen molar-refractivity contribution in [1.29, 1.82) is 0 Å². The van der Waals surface area contributed by atoms with Crippen molar-refractivity contribution in [3.63, 3.8) is 0 Å². The summed E-state index contributed by atoms with van der Waals surface area (Å²) in [6.45, 7) is 4.17. The number of ketones is 2. The molecule has 0 aromatic heterocycles. The van der Waals surface area contributed by atoms with Gasteiger partial charge in [0.25, 0.3) is 0 Å². The fraction of sp³-hybridized carbons (Fsp3) is 0.880. The number of fused-ring (bicyclic) bond motifs is 2. The molecule has 7 N–H and O–H groups in total. The van der Waals surface area contributed by atoms with Crippen LogP contribution in [0.3, 0.4) is 0 Å². The van der Waals surface area contributed by atoms with Gasteiger partial charge in [0.1, 0.15) is 11.2 Å². The van der Waals surface area contributed by atoms with Gasteiger partial charge in [-0.15, -0.1) is 0 Å². The standard InChI is InChI=1S/C50H81N3O6/c1-3-35-31-53-49(51)29-43(35)37(12-11-32-7-5-4-6-8-32)25-40(54)16-13-36-20-22-50(47(57)18-15-38-26-46(59-2)45(56)28-42(36)38)21-19-33(24-48(50)58)9-10-34-23-39-14-17-41(55)27-44(39)52-30-34/h11-12,32-40,42-46,48-49,52-54,56,58H,3-10,13-19,21,23-31,51H2,1-2H3/t33-,34-,35?,36-,37-,38?,39+,40-,42?,43?,44-,45?,46?,48-,49?,50-/m1/s1. The Hall–Kier alpha value is -1.64. The van der Waals surface area contributed by atoms with Crippen LogP contribution in [0, 0.1) is 76.4 Å². The largest absolute Gasteiger partial charge is 0.393 e. The van der Waals surface area contributed by atoms with Gasteiger partial charge in [-0.1, -0.05) is 63.0 Å². The highest BCUT2D eigenvalue weighted by Crippen LogP contribution is 2.47. The van der Waals surface area contributed by atoms with Gasteiger partial charge in [0, 0.05) is 38.3 Å². The topological polar surface area (TPSA) is 154 Å². The number of carbonyl (C=O) groups is 2. The zero-order valence-corrected chi connectivity index (χ0v) is 36.7. The number of ether oxygens (including phenoxy) is 1. The predicted molar refractivity (Wildman–Crippen MR) is 233 cm³/mol. The summed E-state index contributed by atoms with van der Waals surface area (Å²) >= 11 is 0. The molecule has 2 heterocycles.